The van der Waals surface area contributed by atoms with Crippen molar-refractivity contribution < 1.29 is 13.2 Å². The number of amides is 1. The molecule has 0 aliphatic carbocycles. The van der Waals surface area contributed by atoms with Gasteiger partial charge in [-0.25, -0.2) is 13.1 Å². The molecular weight excluding hydrogens is 356 g/mol. The molecule has 1 heterocycles. The van der Waals surface area contributed by atoms with Crippen molar-refractivity contribution in [2.45, 2.75) is 24.8 Å². The molecule has 0 radical (unpaired) electrons. The number of rotatable bonds is 4. The number of carbonyl (C=O) groups excluding carboxylic acids is 1. The first-order valence-electron chi connectivity index (χ1n) is 6.31. The van der Waals surface area contributed by atoms with Crippen LogP contribution in [-0.4, -0.2) is 18.9 Å². The van der Waals surface area contributed by atoms with Crippen LogP contribution in [0.2, 0.25) is 0 Å². The predicted molar refractivity (Wildman–Crippen MR) is 83.6 cm³/mol. The number of aromatic nitrogens is 1. The third-order valence-electron chi connectivity index (χ3n) is 2.92. The van der Waals surface area contributed by atoms with Gasteiger partial charge in [-0.3, -0.25) is 4.79 Å². The van der Waals surface area contributed by atoms with Crippen molar-refractivity contribution in [2.24, 2.45) is 0 Å². The van der Waals surface area contributed by atoms with Gasteiger partial charge in [0.1, 0.15) is 5.69 Å². The van der Waals surface area contributed by atoms with Gasteiger partial charge < -0.3 is 4.57 Å². The van der Waals surface area contributed by atoms with Gasteiger partial charge in [-0.05, 0) is 50.2 Å². The maximum absolute atomic E-state index is 12.2. The van der Waals surface area contributed by atoms with E-state index in [-0.39, 0.29) is 10.9 Å². The Hall–Kier alpha value is -1.60. The Morgan fingerprint density at radius 3 is 2.38 bits per heavy atom. The molecule has 0 fully saturated rings. The highest BCUT2D eigenvalue weighted by molar-refractivity contribution is 9.10. The molecule has 0 saturated carbocycles. The molecule has 0 bridgehead atoms. The molecule has 21 heavy (non-hydrogen) atoms. The Labute approximate surface area is 132 Å². The van der Waals surface area contributed by atoms with Crippen LogP contribution in [-0.2, 0) is 10.0 Å². The maximum atomic E-state index is 12.2. The Balaban J connectivity index is 2.26. The zero-order valence-corrected chi connectivity index (χ0v) is 14.0. The zero-order chi connectivity index (χ0) is 15.6. The monoisotopic (exact) mass is 370 g/mol. The molecule has 1 amide bonds. The van der Waals surface area contributed by atoms with Gasteiger partial charge in [-0.15, -0.1) is 0 Å². The number of nitrogens with one attached hydrogen (secondary N) is 1. The molecule has 0 atom stereocenters. The summed E-state index contributed by atoms with van der Waals surface area (Å²) in [6.45, 7) is 3.83. The molecule has 1 aromatic heterocycles. The summed E-state index contributed by atoms with van der Waals surface area (Å²) in [7, 11) is -3.88. The lowest BCUT2D eigenvalue weighted by atomic mass is 10.3. The number of carbonyl (C=O) groups is 1. The van der Waals surface area contributed by atoms with Crippen molar-refractivity contribution in [1.82, 2.24) is 9.29 Å². The molecule has 0 aliphatic heterocycles. The van der Waals surface area contributed by atoms with Crippen molar-refractivity contribution in [3.63, 3.8) is 0 Å². The molecule has 0 spiro atoms. The summed E-state index contributed by atoms with van der Waals surface area (Å²) < 4.78 is 28.9. The SMILES string of the molecule is CC(C)n1cccc1C(=O)NS(=O)(=O)c1ccc(Br)cc1. The summed E-state index contributed by atoms with van der Waals surface area (Å²) in [5, 5.41) is 0. The van der Waals surface area contributed by atoms with E-state index in [2.05, 4.69) is 20.7 Å². The smallest absolute Gasteiger partial charge is 0.281 e. The lowest BCUT2D eigenvalue weighted by Crippen LogP contribution is -2.32. The summed E-state index contributed by atoms with van der Waals surface area (Å²) >= 11 is 3.23. The highest BCUT2D eigenvalue weighted by Crippen LogP contribution is 2.16. The van der Waals surface area contributed by atoms with Crippen LogP contribution in [0.3, 0.4) is 0 Å². The molecule has 2 aromatic rings. The van der Waals surface area contributed by atoms with Crippen LogP contribution in [0.1, 0.15) is 30.4 Å². The number of halogens is 1. The van der Waals surface area contributed by atoms with E-state index in [1.165, 1.54) is 12.1 Å². The van der Waals surface area contributed by atoms with Gasteiger partial charge in [0, 0.05) is 16.7 Å². The van der Waals surface area contributed by atoms with Crippen molar-refractivity contribution in [3.05, 3.63) is 52.8 Å². The van der Waals surface area contributed by atoms with E-state index in [1.54, 1.807) is 35.0 Å². The summed E-state index contributed by atoms with van der Waals surface area (Å²) in [6, 6.07) is 9.44. The molecule has 7 heteroatoms. The second-order valence-corrected chi connectivity index (χ2v) is 7.38. The highest BCUT2D eigenvalue weighted by Gasteiger charge is 2.21. The van der Waals surface area contributed by atoms with E-state index in [0.717, 1.165) is 4.47 Å². The van der Waals surface area contributed by atoms with Crippen molar-refractivity contribution in [1.29, 1.82) is 0 Å². The minimum Gasteiger partial charge on any atom is -0.341 e. The maximum Gasteiger partial charge on any atom is 0.281 e. The minimum absolute atomic E-state index is 0.0432. The Morgan fingerprint density at radius 1 is 1.19 bits per heavy atom. The third kappa shape index (κ3) is 3.54. The van der Waals surface area contributed by atoms with E-state index in [1.807, 2.05) is 13.8 Å². The van der Waals surface area contributed by atoms with E-state index in [4.69, 9.17) is 0 Å². The van der Waals surface area contributed by atoms with Crippen LogP contribution in [0, 0.1) is 0 Å². The minimum atomic E-state index is -3.88. The Morgan fingerprint density at radius 2 is 1.81 bits per heavy atom. The van der Waals surface area contributed by atoms with E-state index < -0.39 is 15.9 Å². The number of benzene rings is 1. The molecule has 112 valence electrons. The Kier molecular flexibility index (Phi) is 4.53. The van der Waals surface area contributed by atoms with Gasteiger partial charge in [-0.1, -0.05) is 15.9 Å². The fourth-order valence-electron chi connectivity index (χ4n) is 1.88. The van der Waals surface area contributed by atoms with E-state index >= 15 is 0 Å². The molecular formula is C14H15BrN2O3S. The fourth-order valence-corrected chi connectivity index (χ4v) is 3.11. The van der Waals surface area contributed by atoms with Gasteiger partial charge in [0.15, 0.2) is 0 Å². The van der Waals surface area contributed by atoms with Crippen LogP contribution < -0.4 is 4.72 Å². The standard InChI is InChI=1S/C14H15BrN2O3S/c1-10(2)17-9-3-4-13(17)14(18)16-21(19,20)12-7-5-11(15)6-8-12/h3-10H,1-2H3,(H,16,18). The second-order valence-electron chi connectivity index (χ2n) is 4.78. The summed E-state index contributed by atoms with van der Waals surface area (Å²) in [4.78, 5) is 12.2. The lowest BCUT2D eigenvalue weighted by Gasteiger charge is -2.13. The lowest BCUT2D eigenvalue weighted by molar-refractivity contribution is 0.0971. The van der Waals surface area contributed by atoms with Gasteiger partial charge in [0.25, 0.3) is 15.9 Å². The van der Waals surface area contributed by atoms with Crippen molar-refractivity contribution >= 4 is 31.9 Å². The first kappa shape index (κ1) is 15.8. The van der Waals surface area contributed by atoms with Crippen LogP contribution in [0.5, 0.6) is 0 Å². The summed E-state index contributed by atoms with van der Waals surface area (Å²) in [5.41, 5.74) is 0.311. The highest BCUT2D eigenvalue weighted by atomic mass is 79.9. The summed E-state index contributed by atoms with van der Waals surface area (Å²) in [6.07, 6.45) is 1.74. The van der Waals surface area contributed by atoms with Crippen molar-refractivity contribution in [3.8, 4) is 0 Å². The number of nitrogens with zero attached hydrogens (tertiary/aromatic N) is 1. The molecule has 1 aromatic carbocycles. The van der Waals surface area contributed by atoms with Gasteiger partial charge in [-0.2, -0.15) is 0 Å². The number of hydrogen-bond donors (Lipinski definition) is 1. The number of sulfonamides is 1. The number of hydrogen-bond acceptors (Lipinski definition) is 3. The molecule has 0 aliphatic rings. The normalized spacial score (nSPS) is 11.6. The topological polar surface area (TPSA) is 68.2 Å². The first-order valence-corrected chi connectivity index (χ1v) is 8.58. The van der Waals surface area contributed by atoms with E-state index in [9.17, 15) is 13.2 Å². The average molecular weight is 371 g/mol. The molecule has 0 saturated heterocycles. The molecule has 5 nitrogen and oxygen atoms in total. The van der Waals surface area contributed by atoms with Gasteiger partial charge >= 0.3 is 0 Å². The summed E-state index contributed by atoms with van der Waals surface area (Å²) in [5.74, 6) is -0.642. The predicted octanol–water partition coefficient (Wildman–Crippen LogP) is 2.95. The van der Waals surface area contributed by atoms with Crippen LogP contribution in [0.4, 0.5) is 0 Å². The zero-order valence-electron chi connectivity index (χ0n) is 11.6. The van der Waals surface area contributed by atoms with Gasteiger partial charge in [0.2, 0.25) is 0 Å². The van der Waals surface area contributed by atoms with Crippen LogP contribution in [0.25, 0.3) is 0 Å². The molecule has 0 unspecified atom stereocenters. The third-order valence-corrected chi connectivity index (χ3v) is 4.79. The van der Waals surface area contributed by atoms with Crippen molar-refractivity contribution in [2.75, 3.05) is 0 Å². The van der Waals surface area contributed by atoms with Crippen LogP contribution in [0.15, 0.2) is 52.0 Å². The second kappa shape index (κ2) is 6.03. The average Bonchev–Trinajstić information content (AvgIpc) is 2.88. The Bertz CT molecular complexity index is 749. The van der Waals surface area contributed by atoms with E-state index in [0.29, 0.717) is 5.69 Å². The molecule has 1 N–H and O–H groups in total. The quantitative estimate of drug-likeness (QED) is 0.899. The largest absolute Gasteiger partial charge is 0.341 e. The van der Waals surface area contributed by atoms with Crippen LogP contribution >= 0.6 is 15.9 Å². The van der Waals surface area contributed by atoms with Gasteiger partial charge in [0.05, 0.1) is 4.90 Å². The molecule has 2 rings (SSSR count). The fraction of sp³-hybridized carbons (Fsp3) is 0.214. The first-order chi connectivity index (χ1) is 9.81.